The van der Waals surface area contributed by atoms with E-state index in [4.69, 9.17) is 26.5 Å². The first-order valence-electron chi connectivity index (χ1n) is 7.59. The number of rotatable bonds is 3. The quantitative estimate of drug-likeness (QED) is 0.340. The van der Waals surface area contributed by atoms with Crippen molar-refractivity contribution < 1.29 is 14.4 Å². The molecule has 0 unspecified atom stereocenters. The van der Waals surface area contributed by atoms with Gasteiger partial charge in [-0.15, -0.1) is 0 Å². The number of hydrogen-bond acceptors (Lipinski definition) is 4. The number of aliphatic hydroxyl groups excluding tert-OH is 1. The Hall–Kier alpha value is -2.10. The Morgan fingerprint density at radius 1 is 1.12 bits per heavy atom. The maximum absolute atomic E-state index is 9.61. The molecule has 0 aromatic heterocycles. The Morgan fingerprint density at radius 3 is 2.21 bits per heavy atom. The minimum absolute atomic E-state index is 0.0897. The summed E-state index contributed by atoms with van der Waals surface area (Å²) < 4.78 is 12.0. The van der Waals surface area contributed by atoms with Gasteiger partial charge in [0.15, 0.2) is 5.96 Å². The van der Waals surface area contributed by atoms with Crippen LogP contribution in [0.4, 0.5) is 5.69 Å². The van der Waals surface area contributed by atoms with Gasteiger partial charge in [0.05, 0.1) is 23.5 Å². The monoisotopic (exact) mass is 333 g/mol. The topological polar surface area (TPSA) is 141 Å². The van der Waals surface area contributed by atoms with Gasteiger partial charge in [-0.2, -0.15) is 4.99 Å². The molecule has 7 N–H and O–H groups in total. The Kier molecular flexibility index (Phi) is 4.88. The molecule has 1 aliphatic heterocycles. The molecule has 24 heavy (non-hydrogen) atoms. The molecule has 0 bridgehead atoms. The third kappa shape index (κ3) is 3.69. The SMILES string of the molecule is CC1(C)OB(c2ccc(N=C(N)N=C(N)N)c(CO)c2)OC1(C)C. The Balaban J connectivity index is 2.32. The van der Waals surface area contributed by atoms with Crippen molar-refractivity contribution in [2.24, 2.45) is 27.2 Å². The summed E-state index contributed by atoms with van der Waals surface area (Å²) in [5.41, 5.74) is 17.1. The first-order valence-corrected chi connectivity index (χ1v) is 7.59. The number of aliphatic imine (C=N–C) groups is 2. The van der Waals surface area contributed by atoms with Crippen molar-refractivity contribution in [1.29, 1.82) is 0 Å². The van der Waals surface area contributed by atoms with Crippen LogP contribution in [-0.4, -0.2) is 35.3 Å². The van der Waals surface area contributed by atoms with Gasteiger partial charge in [0, 0.05) is 5.56 Å². The van der Waals surface area contributed by atoms with Crippen LogP contribution in [0.3, 0.4) is 0 Å². The van der Waals surface area contributed by atoms with Crippen molar-refractivity contribution in [2.75, 3.05) is 0 Å². The van der Waals surface area contributed by atoms with Crippen LogP contribution in [-0.2, 0) is 15.9 Å². The Bertz CT molecular complexity index is 668. The molecule has 0 spiro atoms. The van der Waals surface area contributed by atoms with Gasteiger partial charge in [0.2, 0.25) is 5.96 Å². The van der Waals surface area contributed by atoms with Crippen LogP contribution >= 0.6 is 0 Å². The van der Waals surface area contributed by atoms with Crippen LogP contribution in [0.15, 0.2) is 28.2 Å². The summed E-state index contributed by atoms with van der Waals surface area (Å²) >= 11 is 0. The summed E-state index contributed by atoms with van der Waals surface area (Å²) in [7, 11) is -0.520. The molecule has 1 aliphatic rings. The fraction of sp³-hybridized carbons (Fsp3) is 0.467. The minimum Gasteiger partial charge on any atom is -0.399 e. The van der Waals surface area contributed by atoms with Gasteiger partial charge in [0.25, 0.3) is 0 Å². The molecule has 1 aromatic carbocycles. The lowest BCUT2D eigenvalue weighted by atomic mass is 9.78. The zero-order chi connectivity index (χ0) is 18.1. The molecule has 1 fully saturated rings. The average Bonchev–Trinajstić information content (AvgIpc) is 2.66. The highest BCUT2D eigenvalue weighted by atomic mass is 16.7. The first-order chi connectivity index (χ1) is 11.1. The zero-order valence-corrected chi connectivity index (χ0v) is 14.4. The highest BCUT2D eigenvalue weighted by Gasteiger charge is 2.51. The highest BCUT2D eigenvalue weighted by molar-refractivity contribution is 6.62. The molecule has 0 saturated carbocycles. The fourth-order valence-corrected chi connectivity index (χ4v) is 2.25. The van der Waals surface area contributed by atoms with Crippen molar-refractivity contribution in [1.82, 2.24) is 0 Å². The van der Waals surface area contributed by atoms with Crippen LogP contribution < -0.4 is 22.7 Å². The average molecular weight is 333 g/mol. The summed E-state index contributed by atoms with van der Waals surface area (Å²) in [5.74, 6) is -0.274. The van der Waals surface area contributed by atoms with Crippen LogP contribution in [0.5, 0.6) is 0 Å². The number of guanidine groups is 2. The van der Waals surface area contributed by atoms with E-state index in [2.05, 4.69) is 9.98 Å². The van der Waals surface area contributed by atoms with E-state index in [0.717, 1.165) is 5.46 Å². The zero-order valence-electron chi connectivity index (χ0n) is 14.4. The number of nitrogens with two attached hydrogens (primary N) is 3. The van der Waals surface area contributed by atoms with Crippen molar-refractivity contribution >= 4 is 30.2 Å². The summed E-state index contributed by atoms with van der Waals surface area (Å²) in [6.07, 6.45) is 0. The van der Waals surface area contributed by atoms with Crippen molar-refractivity contribution in [3.8, 4) is 0 Å². The van der Waals surface area contributed by atoms with E-state index in [9.17, 15) is 5.11 Å². The third-order valence-corrected chi connectivity index (χ3v) is 4.28. The molecular formula is C15H24BN5O3. The van der Waals surface area contributed by atoms with Crippen molar-refractivity contribution in [3.05, 3.63) is 23.8 Å². The number of nitrogens with zero attached hydrogens (tertiary/aromatic N) is 2. The summed E-state index contributed by atoms with van der Waals surface area (Å²) in [5, 5.41) is 9.61. The van der Waals surface area contributed by atoms with Crippen molar-refractivity contribution in [3.63, 3.8) is 0 Å². The maximum Gasteiger partial charge on any atom is 0.494 e. The molecule has 130 valence electrons. The second-order valence-corrected chi connectivity index (χ2v) is 6.64. The van der Waals surface area contributed by atoms with Gasteiger partial charge in [-0.25, -0.2) is 4.99 Å². The molecule has 1 heterocycles. The highest BCUT2D eigenvalue weighted by Crippen LogP contribution is 2.36. The molecule has 1 aromatic rings. The smallest absolute Gasteiger partial charge is 0.399 e. The standard InChI is InChI=1S/C15H24BN5O3/c1-14(2)15(3,4)24-16(23-14)10-5-6-11(9(7-10)8-22)20-13(19)21-12(17)18/h5-7,22H,8H2,1-4H3,(H6,17,18,19,20,21). The van der Waals surface area contributed by atoms with Gasteiger partial charge >= 0.3 is 7.12 Å². The number of benzene rings is 1. The van der Waals surface area contributed by atoms with Gasteiger partial charge < -0.3 is 31.6 Å². The largest absolute Gasteiger partial charge is 0.494 e. The molecule has 0 aliphatic carbocycles. The number of hydrogen-bond donors (Lipinski definition) is 4. The van der Waals surface area contributed by atoms with E-state index >= 15 is 0 Å². The predicted molar refractivity (Wildman–Crippen MR) is 95.2 cm³/mol. The van der Waals surface area contributed by atoms with E-state index in [-0.39, 0.29) is 18.5 Å². The van der Waals surface area contributed by atoms with Crippen LogP contribution in [0.25, 0.3) is 0 Å². The minimum atomic E-state index is -0.520. The van der Waals surface area contributed by atoms with E-state index in [1.54, 1.807) is 12.1 Å². The number of aliphatic hydroxyl groups is 1. The third-order valence-electron chi connectivity index (χ3n) is 4.28. The van der Waals surface area contributed by atoms with E-state index in [0.29, 0.717) is 11.3 Å². The first kappa shape index (κ1) is 18.2. The maximum atomic E-state index is 9.61. The molecular weight excluding hydrogens is 309 g/mol. The van der Waals surface area contributed by atoms with Gasteiger partial charge in [0.1, 0.15) is 0 Å². The molecule has 2 rings (SSSR count). The molecule has 9 heteroatoms. The summed E-state index contributed by atoms with van der Waals surface area (Å²) in [6, 6.07) is 5.29. The lowest BCUT2D eigenvalue weighted by Gasteiger charge is -2.32. The van der Waals surface area contributed by atoms with E-state index < -0.39 is 18.3 Å². The van der Waals surface area contributed by atoms with E-state index in [1.165, 1.54) is 0 Å². The van der Waals surface area contributed by atoms with E-state index in [1.807, 2.05) is 33.8 Å². The van der Waals surface area contributed by atoms with Crippen LogP contribution in [0, 0.1) is 0 Å². The van der Waals surface area contributed by atoms with Crippen LogP contribution in [0.1, 0.15) is 33.3 Å². The normalized spacial score (nSPS) is 19.4. The molecule has 1 saturated heterocycles. The Labute approximate surface area is 141 Å². The van der Waals surface area contributed by atoms with Gasteiger partial charge in [-0.3, -0.25) is 0 Å². The second kappa shape index (κ2) is 6.42. The van der Waals surface area contributed by atoms with Crippen LogP contribution in [0.2, 0.25) is 0 Å². The summed E-state index contributed by atoms with van der Waals surface area (Å²) in [4.78, 5) is 7.76. The molecule has 0 radical (unpaired) electrons. The molecule has 8 nitrogen and oxygen atoms in total. The molecule has 0 atom stereocenters. The van der Waals surface area contributed by atoms with Gasteiger partial charge in [-0.1, -0.05) is 12.1 Å². The van der Waals surface area contributed by atoms with Crippen molar-refractivity contribution in [2.45, 2.75) is 45.5 Å². The summed E-state index contributed by atoms with van der Waals surface area (Å²) in [6.45, 7) is 7.70. The predicted octanol–water partition coefficient (Wildman–Crippen LogP) is -0.302. The Morgan fingerprint density at radius 2 is 1.71 bits per heavy atom. The van der Waals surface area contributed by atoms with Gasteiger partial charge in [-0.05, 0) is 39.2 Å². The fourth-order valence-electron chi connectivity index (χ4n) is 2.25. The lowest BCUT2D eigenvalue weighted by Crippen LogP contribution is -2.41. The second-order valence-electron chi connectivity index (χ2n) is 6.64. The molecule has 0 amide bonds. The lowest BCUT2D eigenvalue weighted by molar-refractivity contribution is 0.00578.